The molecule has 4 heteroatoms. The Morgan fingerprint density at radius 1 is 1.17 bits per heavy atom. The Morgan fingerprint density at radius 3 is 2.91 bits per heavy atom. The highest BCUT2D eigenvalue weighted by molar-refractivity contribution is 7.99. The van der Waals surface area contributed by atoms with Crippen LogP contribution in [0.25, 0.3) is 0 Å². The van der Waals surface area contributed by atoms with E-state index >= 15 is 0 Å². The van der Waals surface area contributed by atoms with Crippen LogP contribution in [-0.2, 0) is 13.0 Å². The van der Waals surface area contributed by atoms with Crippen molar-refractivity contribution < 1.29 is 0 Å². The molecule has 0 aliphatic carbocycles. The van der Waals surface area contributed by atoms with Crippen molar-refractivity contribution in [3.63, 3.8) is 0 Å². The van der Waals surface area contributed by atoms with Crippen LogP contribution in [0.15, 0.2) is 53.5 Å². The van der Waals surface area contributed by atoms with Gasteiger partial charge in [0.2, 0.25) is 0 Å². The molecule has 118 valence electrons. The predicted octanol–water partition coefficient (Wildman–Crippen LogP) is 5.03. The lowest BCUT2D eigenvalue weighted by Crippen LogP contribution is -2.42. The topological polar surface area (TPSA) is 24.4 Å². The van der Waals surface area contributed by atoms with E-state index < -0.39 is 0 Å². The van der Waals surface area contributed by atoms with E-state index in [0.29, 0.717) is 6.54 Å². The zero-order valence-corrected chi connectivity index (χ0v) is 14.5. The van der Waals surface area contributed by atoms with Crippen LogP contribution in [0.2, 0.25) is 5.02 Å². The number of rotatable bonds is 2. The molecule has 2 aliphatic rings. The van der Waals surface area contributed by atoms with Crippen molar-refractivity contribution >= 4 is 34.9 Å². The molecule has 1 fully saturated rings. The number of para-hydroxylation sites is 1. The number of amidine groups is 1. The number of nitrogens with zero attached hydrogens (tertiary/aromatic N) is 1. The Bertz CT molecular complexity index is 751. The lowest BCUT2D eigenvalue weighted by Gasteiger charge is -2.36. The van der Waals surface area contributed by atoms with Gasteiger partial charge in [-0.1, -0.05) is 41.9 Å². The third-order valence-electron chi connectivity index (χ3n) is 4.71. The molecule has 1 atom stereocenters. The van der Waals surface area contributed by atoms with Gasteiger partial charge in [0.1, 0.15) is 5.84 Å². The van der Waals surface area contributed by atoms with Gasteiger partial charge >= 0.3 is 0 Å². The van der Waals surface area contributed by atoms with E-state index in [0.717, 1.165) is 28.6 Å². The summed E-state index contributed by atoms with van der Waals surface area (Å²) in [5.74, 6) is 3.53. The van der Waals surface area contributed by atoms with E-state index in [-0.39, 0.29) is 5.41 Å². The average molecular weight is 343 g/mol. The molecule has 23 heavy (non-hydrogen) atoms. The first kappa shape index (κ1) is 15.1. The summed E-state index contributed by atoms with van der Waals surface area (Å²) in [6.07, 6.45) is 2.30. The predicted molar refractivity (Wildman–Crippen MR) is 101 cm³/mol. The fourth-order valence-electron chi connectivity index (χ4n) is 3.45. The summed E-state index contributed by atoms with van der Waals surface area (Å²) in [4.78, 5) is 4.96. The highest BCUT2D eigenvalue weighted by Gasteiger charge is 2.42. The van der Waals surface area contributed by atoms with Crippen LogP contribution in [0.1, 0.15) is 17.5 Å². The highest BCUT2D eigenvalue weighted by atomic mass is 35.5. The van der Waals surface area contributed by atoms with Gasteiger partial charge in [-0.15, -0.1) is 0 Å². The van der Waals surface area contributed by atoms with E-state index in [4.69, 9.17) is 16.6 Å². The van der Waals surface area contributed by atoms with Gasteiger partial charge in [0.05, 0.1) is 6.54 Å². The molecule has 1 spiro atoms. The van der Waals surface area contributed by atoms with Crippen LogP contribution in [0, 0.1) is 5.41 Å². The van der Waals surface area contributed by atoms with Crippen LogP contribution in [-0.4, -0.2) is 17.3 Å². The molecule has 0 radical (unpaired) electrons. The van der Waals surface area contributed by atoms with E-state index in [9.17, 15) is 0 Å². The first-order chi connectivity index (χ1) is 11.3. The second-order valence-electron chi connectivity index (χ2n) is 6.34. The number of halogens is 1. The molecule has 0 bridgehead atoms. The molecule has 2 aromatic rings. The normalized spacial score (nSPS) is 24.7. The maximum atomic E-state index is 6.09. The average Bonchev–Trinajstić information content (AvgIpc) is 3.02. The van der Waals surface area contributed by atoms with Crippen molar-refractivity contribution in [2.75, 3.05) is 16.8 Å². The summed E-state index contributed by atoms with van der Waals surface area (Å²) in [6, 6.07) is 16.6. The number of nitrogens with one attached hydrogen (secondary N) is 1. The molecule has 2 aliphatic heterocycles. The minimum absolute atomic E-state index is 0.178. The first-order valence-electron chi connectivity index (χ1n) is 7.97. The van der Waals surface area contributed by atoms with Crippen molar-refractivity contribution in [2.45, 2.75) is 19.4 Å². The minimum atomic E-state index is 0.178. The Morgan fingerprint density at radius 2 is 2.09 bits per heavy atom. The molecule has 1 saturated heterocycles. The molecule has 0 amide bonds. The lowest BCUT2D eigenvalue weighted by molar-refractivity contribution is 0.469. The minimum Gasteiger partial charge on any atom is -0.343 e. The summed E-state index contributed by atoms with van der Waals surface area (Å²) >= 11 is 8.13. The summed E-state index contributed by atoms with van der Waals surface area (Å²) in [7, 11) is 0. The third kappa shape index (κ3) is 3.00. The van der Waals surface area contributed by atoms with Crippen molar-refractivity contribution in [3.8, 4) is 0 Å². The number of hydrogen-bond acceptors (Lipinski definition) is 2. The lowest BCUT2D eigenvalue weighted by atomic mass is 9.77. The molecule has 1 N–H and O–H groups in total. The fourth-order valence-corrected chi connectivity index (χ4v) is 5.12. The Balaban J connectivity index is 1.66. The number of fused-ring (bicyclic) bond motifs is 1. The van der Waals surface area contributed by atoms with Crippen LogP contribution in [0.4, 0.5) is 5.69 Å². The molecule has 4 rings (SSSR count). The van der Waals surface area contributed by atoms with E-state index in [1.165, 1.54) is 23.4 Å². The van der Waals surface area contributed by atoms with Gasteiger partial charge in [0.25, 0.3) is 0 Å². The third-order valence-corrected chi connectivity index (χ3v) is 6.20. The second kappa shape index (κ2) is 6.21. The van der Waals surface area contributed by atoms with Gasteiger partial charge in [-0.05, 0) is 47.9 Å². The van der Waals surface area contributed by atoms with Crippen molar-refractivity contribution in [2.24, 2.45) is 10.4 Å². The van der Waals surface area contributed by atoms with Crippen LogP contribution in [0.5, 0.6) is 0 Å². The standard InChI is InChI=1S/C19H19ClN2S/c20-16-6-3-4-14(10-16)12-21-18-19(8-9-23-13-19)11-15-5-1-2-7-17(15)22-18/h1-7,10H,8-9,11-13H2,(H,21,22). The van der Waals surface area contributed by atoms with E-state index in [2.05, 4.69) is 35.6 Å². The first-order valence-corrected chi connectivity index (χ1v) is 9.51. The zero-order valence-electron chi connectivity index (χ0n) is 12.9. The van der Waals surface area contributed by atoms with E-state index in [1.807, 2.05) is 30.0 Å². The number of anilines is 1. The summed E-state index contributed by atoms with van der Waals surface area (Å²) in [5, 5.41) is 4.39. The summed E-state index contributed by atoms with van der Waals surface area (Å²) in [6.45, 7) is 0.678. The van der Waals surface area contributed by atoms with Crippen LogP contribution >= 0.6 is 23.4 Å². The molecular formula is C19H19ClN2S. The zero-order chi connectivity index (χ0) is 15.7. The number of benzene rings is 2. The number of thioether (sulfide) groups is 1. The Hall–Kier alpha value is -1.45. The quantitative estimate of drug-likeness (QED) is 0.827. The van der Waals surface area contributed by atoms with E-state index in [1.54, 1.807) is 0 Å². The van der Waals surface area contributed by atoms with Crippen LogP contribution < -0.4 is 5.32 Å². The van der Waals surface area contributed by atoms with Gasteiger partial charge < -0.3 is 5.32 Å². The number of aliphatic imine (C=N–C) groups is 1. The van der Waals surface area contributed by atoms with Gasteiger partial charge in [-0.2, -0.15) is 11.8 Å². The SMILES string of the molecule is Clc1cccc(CN=C2Nc3ccccc3CC23CCSC3)c1. The molecule has 2 heterocycles. The van der Waals surface area contributed by atoms with Gasteiger partial charge in [-0.3, -0.25) is 4.99 Å². The summed E-state index contributed by atoms with van der Waals surface area (Å²) < 4.78 is 0. The Kier molecular flexibility index (Phi) is 4.08. The maximum Gasteiger partial charge on any atom is 0.109 e. The molecule has 0 aromatic heterocycles. The maximum absolute atomic E-state index is 6.09. The largest absolute Gasteiger partial charge is 0.343 e. The molecule has 1 unspecified atom stereocenters. The highest BCUT2D eigenvalue weighted by Crippen LogP contribution is 2.44. The monoisotopic (exact) mass is 342 g/mol. The molecular weight excluding hydrogens is 324 g/mol. The summed E-state index contributed by atoms with van der Waals surface area (Å²) in [5.41, 5.74) is 3.96. The smallest absolute Gasteiger partial charge is 0.109 e. The fraction of sp³-hybridized carbons (Fsp3) is 0.316. The molecule has 0 saturated carbocycles. The molecule has 2 aromatic carbocycles. The van der Waals surface area contributed by atoms with Gasteiger partial charge in [-0.25, -0.2) is 0 Å². The Labute approximate surface area is 146 Å². The van der Waals surface area contributed by atoms with Crippen molar-refractivity contribution in [1.29, 1.82) is 0 Å². The van der Waals surface area contributed by atoms with Crippen molar-refractivity contribution in [3.05, 3.63) is 64.7 Å². The van der Waals surface area contributed by atoms with Crippen molar-refractivity contribution in [1.82, 2.24) is 0 Å². The number of hydrogen-bond donors (Lipinski definition) is 1. The molecule has 2 nitrogen and oxygen atoms in total. The van der Waals surface area contributed by atoms with Gasteiger partial charge in [0.15, 0.2) is 0 Å². The van der Waals surface area contributed by atoms with Crippen LogP contribution in [0.3, 0.4) is 0 Å². The van der Waals surface area contributed by atoms with Gasteiger partial charge in [0, 0.05) is 21.9 Å². The second-order valence-corrected chi connectivity index (χ2v) is 7.88.